The molecule has 2 aromatic carbocycles. The van der Waals surface area contributed by atoms with Crippen LogP contribution in [0.1, 0.15) is 31.8 Å². The van der Waals surface area contributed by atoms with Crippen molar-refractivity contribution in [1.82, 2.24) is 15.1 Å². The van der Waals surface area contributed by atoms with Crippen molar-refractivity contribution in [2.24, 2.45) is 0 Å². The molecule has 0 unspecified atom stereocenters. The van der Waals surface area contributed by atoms with Crippen LogP contribution < -0.4 is 5.32 Å². The Morgan fingerprint density at radius 1 is 1.00 bits per heavy atom. The molecule has 0 spiro atoms. The summed E-state index contributed by atoms with van der Waals surface area (Å²) in [6, 6.07) is 16.5. The smallest absolute Gasteiger partial charge is 0.261 e. The zero-order chi connectivity index (χ0) is 20.5. The highest BCUT2D eigenvalue weighted by atomic mass is 16.2. The van der Waals surface area contributed by atoms with Gasteiger partial charge in [-0.25, -0.2) is 0 Å². The van der Waals surface area contributed by atoms with Gasteiger partial charge in [0.1, 0.15) is 0 Å². The van der Waals surface area contributed by atoms with Crippen molar-refractivity contribution >= 4 is 23.5 Å². The zero-order valence-electron chi connectivity index (χ0n) is 16.0. The van der Waals surface area contributed by atoms with Gasteiger partial charge in [0.2, 0.25) is 5.91 Å². The lowest BCUT2D eigenvalue weighted by atomic mass is 9.97. The number of aryl methyl sites for hydroxylation is 1. The summed E-state index contributed by atoms with van der Waals surface area (Å²) in [5, 5.41) is 10.9. The highest BCUT2D eigenvalue weighted by molar-refractivity contribution is 6.22. The first-order valence-electron chi connectivity index (χ1n) is 9.09. The van der Waals surface area contributed by atoms with Crippen LogP contribution in [0.3, 0.4) is 0 Å². The minimum absolute atomic E-state index is 0.0427. The molecule has 3 amide bonds. The number of anilines is 1. The van der Waals surface area contributed by atoms with E-state index in [9.17, 15) is 14.4 Å². The Bertz CT molecular complexity index is 1120. The van der Waals surface area contributed by atoms with Crippen LogP contribution >= 0.6 is 0 Å². The monoisotopic (exact) mass is 386 g/mol. The number of benzene rings is 2. The summed E-state index contributed by atoms with van der Waals surface area (Å²) in [4.78, 5) is 38.2. The average molecular weight is 386 g/mol. The molecule has 144 valence electrons. The standard InChI is InChI=1S/C22H18N4O3/c1-13-10-15(20-16(11-13)21(28)26(2)22(20)29)12-19(27)23-18-9-8-17(24-25-18)14-6-4-3-5-7-14/h3-11H,12H2,1-2H3,(H,23,25,27). The number of rotatable bonds is 4. The van der Waals surface area contributed by atoms with Crippen molar-refractivity contribution in [3.8, 4) is 11.3 Å². The normalized spacial score (nSPS) is 12.8. The fraction of sp³-hybridized carbons (Fsp3) is 0.136. The predicted octanol–water partition coefficient (Wildman–Crippen LogP) is 2.86. The Morgan fingerprint density at radius 3 is 2.45 bits per heavy atom. The highest BCUT2D eigenvalue weighted by Crippen LogP contribution is 2.27. The second-order valence-corrected chi connectivity index (χ2v) is 6.91. The highest BCUT2D eigenvalue weighted by Gasteiger charge is 2.35. The van der Waals surface area contributed by atoms with Crippen molar-refractivity contribution in [2.75, 3.05) is 12.4 Å². The van der Waals surface area contributed by atoms with Crippen molar-refractivity contribution in [1.29, 1.82) is 0 Å². The van der Waals surface area contributed by atoms with Gasteiger partial charge < -0.3 is 5.32 Å². The van der Waals surface area contributed by atoms with E-state index >= 15 is 0 Å². The Kier molecular flexibility index (Phi) is 4.64. The van der Waals surface area contributed by atoms with E-state index in [1.54, 1.807) is 24.3 Å². The largest absolute Gasteiger partial charge is 0.309 e. The number of carbonyl (C=O) groups excluding carboxylic acids is 3. The van der Waals surface area contributed by atoms with Crippen LogP contribution in [0.15, 0.2) is 54.6 Å². The second kappa shape index (κ2) is 7.27. The van der Waals surface area contributed by atoms with Gasteiger partial charge in [0.15, 0.2) is 5.82 Å². The number of carbonyl (C=O) groups is 3. The first-order valence-corrected chi connectivity index (χ1v) is 9.09. The third-order valence-electron chi connectivity index (χ3n) is 4.77. The van der Waals surface area contributed by atoms with Gasteiger partial charge in [-0.3, -0.25) is 19.3 Å². The van der Waals surface area contributed by atoms with Crippen molar-refractivity contribution < 1.29 is 14.4 Å². The van der Waals surface area contributed by atoms with Gasteiger partial charge in [0, 0.05) is 12.6 Å². The van der Waals surface area contributed by atoms with E-state index in [1.165, 1.54) is 7.05 Å². The molecule has 3 aromatic rings. The van der Waals surface area contributed by atoms with E-state index in [0.717, 1.165) is 16.0 Å². The number of nitrogens with one attached hydrogen (secondary N) is 1. The third kappa shape index (κ3) is 3.50. The first kappa shape index (κ1) is 18.5. The summed E-state index contributed by atoms with van der Waals surface area (Å²) in [5.41, 5.74) is 3.60. The molecule has 1 aromatic heterocycles. The topological polar surface area (TPSA) is 92.3 Å². The second-order valence-electron chi connectivity index (χ2n) is 6.91. The minimum atomic E-state index is -0.389. The maximum atomic E-state index is 12.5. The maximum Gasteiger partial charge on any atom is 0.261 e. The number of nitrogens with zero attached hydrogens (tertiary/aromatic N) is 3. The van der Waals surface area contributed by atoms with Gasteiger partial charge in [-0.15, -0.1) is 10.2 Å². The van der Waals surface area contributed by atoms with Crippen LogP contribution in [0.2, 0.25) is 0 Å². The number of amides is 3. The molecule has 0 saturated heterocycles. The van der Waals surface area contributed by atoms with Crippen molar-refractivity contribution in [3.63, 3.8) is 0 Å². The van der Waals surface area contributed by atoms with Crippen LogP contribution in [0.5, 0.6) is 0 Å². The summed E-state index contributed by atoms with van der Waals surface area (Å²) in [5.74, 6) is -0.759. The molecule has 0 radical (unpaired) electrons. The molecule has 0 fully saturated rings. The summed E-state index contributed by atoms with van der Waals surface area (Å²) in [6.45, 7) is 1.82. The van der Waals surface area contributed by atoms with Gasteiger partial charge in [-0.2, -0.15) is 0 Å². The maximum absolute atomic E-state index is 12.5. The lowest BCUT2D eigenvalue weighted by Crippen LogP contribution is -2.25. The molecule has 0 bridgehead atoms. The average Bonchev–Trinajstić information content (AvgIpc) is 2.93. The fourth-order valence-corrected chi connectivity index (χ4v) is 3.38. The molecular weight excluding hydrogens is 368 g/mol. The van der Waals surface area contributed by atoms with Crippen molar-refractivity contribution in [3.05, 3.63) is 76.9 Å². The number of hydrogen-bond acceptors (Lipinski definition) is 5. The minimum Gasteiger partial charge on any atom is -0.309 e. The Balaban J connectivity index is 1.52. The Morgan fingerprint density at radius 2 is 1.76 bits per heavy atom. The van der Waals surface area contributed by atoms with E-state index in [-0.39, 0.29) is 24.1 Å². The molecule has 4 rings (SSSR count). The van der Waals surface area contributed by atoms with Crippen LogP contribution in [0.4, 0.5) is 5.82 Å². The van der Waals surface area contributed by atoms with E-state index in [1.807, 2.05) is 37.3 Å². The molecular formula is C22H18N4O3. The SMILES string of the molecule is Cc1cc(CC(=O)Nc2ccc(-c3ccccc3)nn2)c2c(c1)C(=O)N(C)C2=O. The lowest BCUT2D eigenvalue weighted by molar-refractivity contribution is -0.115. The van der Waals surface area contributed by atoms with Crippen LogP contribution in [0, 0.1) is 6.92 Å². The number of aromatic nitrogens is 2. The molecule has 2 heterocycles. The first-order chi connectivity index (χ1) is 13.9. The molecule has 29 heavy (non-hydrogen) atoms. The third-order valence-corrected chi connectivity index (χ3v) is 4.77. The van der Waals surface area contributed by atoms with Gasteiger partial charge in [0.05, 0.1) is 23.2 Å². The summed E-state index contributed by atoms with van der Waals surface area (Å²) in [7, 11) is 1.44. The number of hydrogen-bond donors (Lipinski definition) is 1. The number of imide groups is 1. The van der Waals surface area contributed by atoms with Crippen LogP contribution in [0.25, 0.3) is 11.3 Å². The van der Waals surface area contributed by atoms with E-state index in [0.29, 0.717) is 28.2 Å². The Labute approximate surface area is 167 Å². The van der Waals surface area contributed by atoms with Gasteiger partial charge in [0.25, 0.3) is 11.8 Å². The molecule has 1 aliphatic heterocycles. The van der Waals surface area contributed by atoms with Gasteiger partial charge >= 0.3 is 0 Å². The molecule has 1 aliphatic rings. The molecule has 1 N–H and O–H groups in total. The van der Waals surface area contributed by atoms with E-state index in [4.69, 9.17) is 0 Å². The van der Waals surface area contributed by atoms with Gasteiger partial charge in [-0.1, -0.05) is 36.4 Å². The molecule has 7 heteroatoms. The number of fused-ring (bicyclic) bond motifs is 1. The predicted molar refractivity (Wildman–Crippen MR) is 107 cm³/mol. The van der Waals surface area contributed by atoms with E-state index in [2.05, 4.69) is 15.5 Å². The molecule has 0 aliphatic carbocycles. The fourth-order valence-electron chi connectivity index (χ4n) is 3.38. The molecule has 7 nitrogen and oxygen atoms in total. The van der Waals surface area contributed by atoms with E-state index < -0.39 is 0 Å². The van der Waals surface area contributed by atoms with Crippen LogP contribution in [-0.4, -0.2) is 39.9 Å². The van der Waals surface area contributed by atoms with Gasteiger partial charge in [-0.05, 0) is 36.2 Å². The summed E-state index contributed by atoms with van der Waals surface area (Å²) >= 11 is 0. The van der Waals surface area contributed by atoms with Crippen molar-refractivity contribution in [2.45, 2.75) is 13.3 Å². The Hall–Kier alpha value is -3.87. The molecule has 0 saturated carbocycles. The zero-order valence-corrected chi connectivity index (χ0v) is 16.0. The summed E-state index contributed by atoms with van der Waals surface area (Å²) in [6.07, 6.45) is -0.0427. The quantitative estimate of drug-likeness (QED) is 0.696. The van der Waals surface area contributed by atoms with Crippen LogP contribution in [-0.2, 0) is 11.2 Å². The lowest BCUT2D eigenvalue weighted by Gasteiger charge is -2.09. The molecule has 0 atom stereocenters. The summed E-state index contributed by atoms with van der Waals surface area (Å²) < 4.78 is 0.